The van der Waals surface area contributed by atoms with E-state index in [4.69, 9.17) is 21.1 Å². The first-order chi connectivity index (χ1) is 15.6. The van der Waals surface area contributed by atoms with Crippen molar-refractivity contribution >= 4 is 29.0 Å². The van der Waals surface area contributed by atoms with Crippen LogP contribution in [0.1, 0.15) is 19.3 Å². The molecule has 32 heavy (non-hydrogen) atoms. The fourth-order valence-electron chi connectivity index (χ4n) is 4.25. The van der Waals surface area contributed by atoms with Gasteiger partial charge < -0.3 is 25.4 Å². The van der Waals surface area contributed by atoms with E-state index in [0.717, 1.165) is 56.0 Å². The Bertz CT molecular complexity index is 920. The Labute approximate surface area is 194 Å². The molecule has 2 saturated heterocycles. The number of hydrogen-bond donors (Lipinski definition) is 3. The number of hydrogen-bond acceptors (Lipinski definition) is 6. The molecule has 2 fully saturated rings. The number of amides is 1. The molecule has 1 aromatic heterocycles. The van der Waals surface area contributed by atoms with Gasteiger partial charge in [0, 0.05) is 57.4 Å². The van der Waals surface area contributed by atoms with Crippen LogP contribution in [0.2, 0.25) is 5.02 Å². The van der Waals surface area contributed by atoms with E-state index in [0.29, 0.717) is 29.7 Å². The number of carbonyl (C=O) groups is 1. The Morgan fingerprint density at radius 1 is 1.28 bits per heavy atom. The van der Waals surface area contributed by atoms with Crippen LogP contribution in [0.4, 0.5) is 11.5 Å². The van der Waals surface area contributed by atoms with Crippen LogP contribution in [0.5, 0.6) is 0 Å². The lowest BCUT2D eigenvalue weighted by molar-refractivity contribution is -0.121. The summed E-state index contributed by atoms with van der Waals surface area (Å²) in [6.45, 7) is 4.01. The monoisotopic (exact) mass is 458 g/mol. The average Bonchev–Trinajstić information content (AvgIpc) is 2.84. The van der Waals surface area contributed by atoms with Crippen molar-refractivity contribution in [1.82, 2.24) is 10.3 Å². The van der Waals surface area contributed by atoms with Crippen LogP contribution in [-0.2, 0) is 14.3 Å². The molecule has 1 aromatic carbocycles. The van der Waals surface area contributed by atoms with Gasteiger partial charge in [-0.05, 0) is 48.9 Å². The summed E-state index contributed by atoms with van der Waals surface area (Å²) in [7, 11) is 1.67. The third-order valence-corrected chi connectivity index (χ3v) is 6.53. The molecule has 2 aromatic rings. The number of carbonyl (C=O) groups excluding carboxylic acids is 1. The number of pyridine rings is 1. The number of nitrogens with one attached hydrogen (secondary N) is 3. The molecule has 0 radical (unpaired) electrons. The number of methoxy groups -OCH3 is 1. The van der Waals surface area contributed by atoms with Crippen molar-refractivity contribution in [1.29, 1.82) is 0 Å². The van der Waals surface area contributed by atoms with E-state index in [1.807, 2.05) is 18.2 Å². The average molecular weight is 459 g/mol. The number of rotatable bonds is 7. The second-order valence-electron chi connectivity index (χ2n) is 8.50. The van der Waals surface area contributed by atoms with Crippen molar-refractivity contribution in [2.75, 3.05) is 50.6 Å². The first kappa shape index (κ1) is 23.0. The fourth-order valence-corrected chi connectivity index (χ4v) is 4.46. The van der Waals surface area contributed by atoms with Crippen molar-refractivity contribution < 1.29 is 14.3 Å². The molecule has 3 N–H and O–H groups in total. The Morgan fingerprint density at radius 3 is 2.94 bits per heavy atom. The number of anilines is 2. The van der Waals surface area contributed by atoms with E-state index in [1.54, 1.807) is 13.3 Å². The van der Waals surface area contributed by atoms with Gasteiger partial charge in [0.15, 0.2) is 0 Å². The first-order valence-electron chi connectivity index (χ1n) is 11.2. The summed E-state index contributed by atoms with van der Waals surface area (Å²) in [4.78, 5) is 17.1. The van der Waals surface area contributed by atoms with Gasteiger partial charge in [0.05, 0.1) is 17.0 Å². The second kappa shape index (κ2) is 11.1. The largest absolute Gasteiger partial charge is 0.385 e. The molecule has 0 unspecified atom stereocenters. The number of benzene rings is 1. The zero-order valence-corrected chi connectivity index (χ0v) is 19.2. The van der Waals surface area contributed by atoms with Crippen LogP contribution in [0.3, 0.4) is 0 Å². The van der Waals surface area contributed by atoms with Crippen LogP contribution in [0.15, 0.2) is 36.5 Å². The Hall–Kier alpha value is -2.19. The van der Waals surface area contributed by atoms with Crippen molar-refractivity contribution in [2.45, 2.75) is 25.4 Å². The highest BCUT2D eigenvalue weighted by Crippen LogP contribution is 2.31. The quantitative estimate of drug-likeness (QED) is 0.585. The zero-order chi connectivity index (χ0) is 22.3. The molecule has 172 valence electrons. The normalized spacial score (nSPS) is 21.8. The number of halogens is 1. The lowest BCUT2D eigenvalue weighted by atomic mass is 9.96. The third-order valence-electron chi connectivity index (χ3n) is 6.23. The molecule has 8 heteroatoms. The summed E-state index contributed by atoms with van der Waals surface area (Å²) in [5.41, 5.74) is 2.86. The summed E-state index contributed by atoms with van der Waals surface area (Å²) in [6.07, 6.45) is 4.51. The highest BCUT2D eigenvalue weighted by molar-refractivity contribution is 6.33. The van der Waals surface area contributed by atoms with Crippen LogP contribution in [0.25, 0.3) is 11.1 Å². The fraction of sp³-hybridized carbons (Fsp3) is 0.500. The smallest absolute Gasteiger partial charge is 0.230 e. The molecule has 0 spiro atoms. The van der Waals surface area contributed by atoms with E-state index in [9.17, 15) is 4.79 Å². The molecule has 4 rings (SSSR count). The Balaban J connectivity index is 1.43. The van der Waals surface area contributed by atoms with Gasteiger partial charge in [-0.3, -0.25) is 4.79 Å². The summed E-state index contributed by atoms with van der Waals surface area (Å²) in [5.74, 6) is 0.902. The molecule has 1 amide bonds. The van der Waals surface area contributed by atoms with Crippen LogP contribution >= 0.6 is 11.6 Å². The molecular weight excluding hydrogens is 428 g/mol. The maximum Gasteiger partial charge on any atom is 0.230 e. The van der Waals surface area contributed by atoms with Gasteiger partial charge in [-0.15, -0.1) is 0 Å². The van der Waals surface area contributed by atoms with Gasteiger partial charge in [-0.2, -0.15) is 0 Å². The topological polar surface area (TPSA) is 84.5 Å². The van der Waals surface area contributed by atoms with Crippen LogP contribution in [0, 0.1) is 11.8 Å². The number of aromatic nitrogens is 1. The van der Waals surface area contributed by atoms with Gasteiger partial charge >= 0.3 is 0 Å². The van der Waals surface area contributed by atoms with Gasteiger partial charge in [0.2, 0.25) is 5.91 Å². The standard InChI is InChI=1S/C24H31ClN4O3/c1-31-20-10-18(13-26-14-20)24(30)29-23-11-21(22(25)15-28-23)17-3-2-4-19(9-17)27-12-16-5-7-32-8-6-16/h2-4,9,11,15-16,18,20,26-27H,5-8,10,12-14H2,1H3,(H,28,29,30)/t18-,20+/m1/s1. The van der Waals surface area contributed by atoms with Crippen molar-refractivity contribution in [3.8, 4) is 11.1 Å². The minimum Gasteiger partial charge on any atom is -0.385 e. The lowest BCUT2D eigenvalue weighted by Crippen LogP contribution is -2.44. The number of piperidine rings is 1. The molecule has 3 heterocycles. The molecule has 7 nitrogen and oxygen atoms in total. The van der Waals surface area contributed by atoms with Gasteiger partial charge in [-0.1, -0.05) is 23.7 Å². The van der Waals surface area contributed by atoms with Gasteiger partial charge in [-0.25, -0.2) is 4.98 Å². The summed E-state index contributed by atoms with van der Waals surface area (Å²) in [5, 5.41) is 10.3. The third kappa shape index (κ3) is 5.98. The van der Waals surface area contributed by atoms with E-state index in [1.165, 1.54) is 0 Å². The van der Waals surface area contributed by atoms with Gasteiger partial charge in [0.1, 0.15) is 5.82 Å². The minimum atomic E-state index is -0.160. The molecule has 2 aliphatic rings. The molecule has 2 atom stereocenters. The Morgan fingerprint density at radius 2 is 2.12 bits per heavy atom. The minimum absolute atomic E-state index is 0.0459. The maximum atomic E-state index is 12.8. The second-order valence-corrected chi connectivity index (χ2v) is 8.91. The number of nitrogens with zero attached hydrogens (tertiary/aromatic N) is 1. The molecule has 0 saturated carbocycles. The predicted octanol–water partition coefficient (Wildman–Crippen LogP) is 3.80. The van der Waals surface area contributed by atoms with Crippen molar-refractivity contribution in [3.63, 3.8) is 0 Å². The summed E-state index contributed by atoms with van der Waals surface area (Å²) < 4.78 is 10.8. The predicted molar refractivity (Wildman–Crippen MR) is 127 cm³/mol. The van der Waals surface area contributed by atoms with Crippen LogP contribution in [-0.4, -0.2) is 57.0 Å². The SMILES string of the molecule is CO[C@@H]1CNC[C@H](C(=O)Nc2cc(-c3cccc(NCC4CCOCC4)c3)c(Cl)cn2)C1. The van der Waals surface area contributed by atoms with E-state index in [-0.39, 0.29) is 17.9 Å². The Kier molecular flexibility index (Phi) is 7.97. The van der Waals surface area contributed by atoms with E-state index in [2.05, 4.69) is 33.1 Å². The van der Waals surface area contributed by atoms with Crippen molar-refractivity contribution in [2.24, 2.45) is 11.8 Å². The van der Waals surface area contributed by atoms with Crippen LogP contribution < -0.4 is 16.0 Å². The molecular formula is C24H31ClN4O3. The molecule has 0 aliphatic carbocycles. The first-order valence-corrected chi connectivity index (χ1v) is 11.6. The number of ether oxygens (including phenoxy) is 2. The molecule has 0 bridgehead atoms. The molecule has 2 aliphatic heterocycles. The summed E-state index contributed by atoms with van der Waals surface area (Å²) >= 11 is 6.47. The highest BCUT2D eigenvalue weighted by Gasteiger charge is 2.27. The zero-order valence-electron chi connectivity index (χ0n) is 18.4. The lowest BCUT2D eigenvalue weighted by Gasteiger charge is -2.28. The maximum absolute atomic E-state index is 12.8. The van der Waals surface area contributed by atoms with Crippen molar-refractivity contribution in [3.05, 3.63) is 41.6 Å². The highest BCUT2D eigenvalue weighted by atomic mass is 35.5. The van der Waals surface area contributed by atoms with E-state index >= 15 is 0 Å². The van der Waals surface area contributed by atoms with Gasteiger partial charge in [0.25, 0.3) is 0 Å². The summed E-state index contributed by atoms with van der Waals surface area (Å²) in [6, 6.07) is 10.0. The van der Waals surface area contributed by atoms with E-state index < -0.39 is 0 Å².